The number of nitrogens with one attached hydrogen (secondary N) is 2. The largest absolute Gasteiger partial charge is 0.353 e. The first kappa shape index (κ1) is 20.5. The van der Waals surface area contributed by atoms with Crippen LogP contribution in [-0.4, -0.2) is 64.0 Å². The molecule has 1 aromatic heterocycles. The number of amides is 2. The Bertz CT molecular complexity index is 768. The summed E-state index contributed by atoms with van der Waals surface area (Å²) < 4.78 is 1.59. The van der Waals surface area contributed by atoms with Crippen molar-refractivity contribution in [3.63, 3.8) is 0 Å². The van der Waals surface area contributed by atoms with Gasteiger partial charge in [-0.1, -0.05) is 0 Å². The number of ketones is 1. The predicted octanol–water partition coefficient (Wildman–Crippen LogP) is 0.950. The number of nitrogens with zero attached hydrogens (tertiary/aromatic N) is 3. The number of likely N-dealkylation sites (tertiary alicyclic amines) is 1. The Kier molecular flexibility index (Phi) is 6.17. The molecule has 1 aliphatic carbocycles. The van der Waals surface area contributed by atoms with E-state index in [4.69, 9.17) is 0 Å². The van der Waals surface area contributed by atoms with E-state index in [1.807, 2.05) is 14.0 Å². The number of aryl methyl sites for hydroxylation is 1. The van der Waals surface area contributed by atoms with Gasteiger partial charge in [-0.25, -0.2) is 0 Å². The zero-order valence-electron chi connectivity index (χ0n) is 17.2. The normalized spacial score (nSPS) is 22.3. The maximum Gasteiger partial charge on any atom is 0.241 e. The fourth-order valence-electron chi connectivity index (χ4n) is 4.09. The molecule has 28 heavy (non-hydrogen) atoms. The molecule has 2 amide bonds. The second-order valence-electron chi connectivity index (χ2n) is 8.16. The molecule has 0 unspecified atom stereocenters. The number of aromatic nitrogens is 2. The third kappa shape index (κ3) is 4.79. The molecule has 1 saturated heterocycles. The van der Waals surface area contributed by atoms with E-state index in [-0.39, 0.29) is 36.2 Å². The van der Waals surface area contributed by atoms with Crippen LogP contribution in [0, 0.1) is 13.8 Å². The van der Waals surface area contributed by atoms with Crippen molar-refractivity contribution >= 4 is 17.6 Å². The van der Waals surface area contributed by atoms with Gasteiger partial charge in [-0.05, 0) is 53.5 Å². The lowest BCUT2D eigenvalue weighted by Crippen LogP contribution is -2.43. The van der Waals surface area contributed by atoms with Crippen LogP contribution < -0.4 is 10.6 Å². The zero-order chi connectivity index (χ0) is 20.4. The number of Topliss-reactive ketones (excluding diaryl/α,β-unsaturated/α-hetero) is 1. The van der Waals surface area contributed by atoms with Crippen molar-refractivity contribution in [2.75, 3.05) is 13.6 Å². The summed E-state index contributed by atoms with van der Waals surface area (Å²) in [6.07, 6.45) is 4.66. The number of rotatable bonds is 8. The van der Waals surface area contributed by atoms with Gasteiger partial charge in [0, 0.05) is 36.8 Å². The van der Waals surface area contributed by atoms with Gasteiger partial charge in [-0.3, -0.25) is 24.0 Å². The molecule has 2 atom stereocenters. The molecule has 0 radical (unpaired) electrons. The first-order valence-electron chi connectivity index (χ1n) is 10.1. The van der Waals surface area contributed by atoms with E-state index in [1.165, 1.54) is 6.92 Å². The van der Waals surface area contributed by atoms with Gasteiger partial charge in [0.1, 0.15) is 6.54 Å². The number of likely N-dealkylation sites (N-methyl/N-ethyl adjacent to an activating group) is 1. The summed E-state index contributed by atoms with van der Waals surface area (Å²) in [5, 5.41) is 10.3. The number of hydrogen-bond donors (Lipinski definition) is 2. The average molecular weight is 390 g/mol. The van der Waals surface area contributed by atoms with Crippen LogP contribution in [0.15, 0.2) is 0 Å². The Morgan fingerprint density at radius 3 is 2.36 bits per heavy atom. The fourth-order valence-corrected chi connectivity index (χ4v) is 4.09. The number of carbonyl (C=O) groups is 3. The highest BCUT2D eigenvalue weighted by molar-refractivity contribution is 5.96. The van der Waals surface area contributed by atoms with Crippen LogP contribution in [0.25, 0.3) is 0 Å². The fraction of sp³-hybridized carbons (Fsp3) is 0.700. The van der Waals surface area contributed by atoms with Crippen LogP contribution >= 0.6 is 0 Å². The molecule has 0 spiro atoms. The summed E-state index contributed by atoms with van der Waals surface area (Å²) in [5.74, 6) is -0.0233. The van der Waals surface area contributed by atoms with Gasteiger partial charge in [0.15, 0.2) is 5.78 Å². The van der Waals surface area contributed by atoms with E-state index in [1.54, 1.807) is 11.6 Å². The summed E-state index contributed by atoms with van der Waals surface area (Å²) in [6, 6.07) is 0.859. The topological polar surface area (TPSA) is 96.3 Å². The molecular weight excluding hydrogens is 358 g/mol. The molecule has 2 heterocycles. The van der Waals surface area contributed by atoms with Gasteiger partial charge >= 0.3 is 0 Å². The first-order valence-corrected chi connectivity index (χ1v) is 10.1. The Labute approximate surface area is 166 Å². The van der Waals surface area contributed by atoms with E-state index in [0.717, 1.165) is 31.4 Å². The Balaban J connectivity index is 1.46. The lowest BCUT2D eigenvalue weighted by molar-refractivity contribution is -0.123. The van der Waals surface area contributed by atoms with Crippen LogP contribution in [0.5, 0.6) is 0 Å². The SMILES string of the molecule is CC(=O)c1c(C)nn(CC(=O)NC[C@@H]2CC[C@H](CC(=O)NC3CC3)N2C)c1C. The summed E-state index contributed by atoms with van der Waals surface area (Å²) >= 11 is 0. The van der Waals surface area contributed by atoms with Crippen molar-refractivity contribution in [3.8, 4) is 0 Å². The molecule has 0 aromatic carbocycles. The Morgan fingerprint density at radius 2 is 1.75 bits per heavy atom. The molecule has 8 nitrogen and oxygen atoms in total. The molecule has 2 N–H and O–H groups in total. The van der Waals surface area contributed by atoms with E-state index >= 15 is 0 Å². The lowest BCUT2D eigenvalue weighted by atomic mass is 10.1. The van der Waals surface area contributed by atoms with Crippen molar-refractivity contribution in [1.82, 2.24) is 25.3 Å². The molecule has 8 heteroatoms. The van der Waals surface area contributed by atoms with Gasteiger partial charge in [-0.2, -0.15) is 5.10 Å². The molecule has 3 rings (SSSR count). The molecule has 1 saturated carbocycles. The van der Waals surface area contributed by atoms with Gasteiger partial charge in [0.2, 0.25) is 11.8 Å². The first-order chi connectivity index (χ1) is 13.3. The minimum absolute atomic E-state index is 0.0361. The highest BCUT2D eigenvalue weighted by atomic mass is 16.2. The monoisotopic (exact) mass is 389 g/mol. The Morgan fingerprint density at radius 1 is 1.07 bits per heavy atom. The van der Waals surface area contributed by atoms with Crippen molar-refractivity contribution in [2.45, 2.75) is 77.5 Å². The molecule has 154 valence electrons. The molecular formula is C20H31N5O3. The second kappa shape index (κ2) is 8.43. The van der Waals surface area contributed by atoms with E-state index in [2.05, 4.69) is 20.6 Å². The average Bonchev–Trinajstić information content (AvgIpc) is 3.29. The van der Waals surface area contributed by atoms with E-state index in [9.17, 15) is 14.4 Å². The summed E-state index contributed by atoms with van der Waals surface area (Å²) in [7, 11) is 2.03. The summed E-state index contributed by atoms with van der Waals surface area (Å²) in [4.78, 5) is 38.3. The highest BCUT2D eigenvalue weighted by Crippen LogP contribution is 2.25. The van der Waals surface area contributed by atoms with Crippen LogP contribution in [0.4, 0.5) is 0 Å². The van der Waals surface area contributed by atoms with Gasteiger partial charge in [-0.15, -0.1) is 0 Å². The third-order valence-corrected chi connectivity index (χ3v) is 5.91. The quantitative estimate of drug-likeness (QED) is 0.646. The van der Waals surface area contributed by atoms with Gasteiger partial charge < -0.3 is 10.6 Å². The maximum absolute atomic E-state index is 12.4. The number of hydrogen-bond acceptors (Lipinski definition) is 5. The zero-order valence-corrected chi connectivity index (χ0v) is 17.2. The molecule has 1 aliphatic heterocycles. The van der Waals surface area contributed by atoms with Crippen LogP contribution in [-0.2, 0) is 16.1 Å². The minimum atomic E-state index is -0.121. The second-order valence-corrected chi connectivity index (χ2v) is 8.16. The summed E-state index contributed by atoms with van der Waals surface area (Å²) in [6.45, 7) is 5.76. The summed E-state index contributed by atoms with van der Waals surface area (Å²) in [5.41, 5.74) is 1.97. The van der Waals surface area contributed by atoms with Crippen molar-refractivity contribution in [3.05, 3.63) is 17.0 Å². The lowest BCUT2D eigenvalue weighted by Gasteiger charge is -2.25. The third-order valence-electron chi connectivity index (χ3n) is 5.91. The Hall–Kier alpha value is -2.22. The molecule has 2 aliphatic rings. The van der Waals surface area contributed by atoms with E-state index in [0.29, 0.717) is 30.3 Å². The smallest absolute Gasteiger partial charge is 0.241 e. The van der Waals surface area contributed by atoms with Crippen LogP contribution in [0.2, 0.25) is 0 Å². The molecule has 1 aromatic rings. The van der Waals surface area contributed by atoms with Crippen LogP contribution in [0.3, 0.4) is 0 Å². The molecule has 2 fully saturated rings. The highest BCUT2D eigenvalue weighted by Gasteiger charge is 2.33. The van der Waals surface area contributed by atoms with Crippen molar-refractivity contribution in [1.29, 1.82) is 0 Å². The van der Waals surface area contributed by atoms with Crippen LogP contribution in [0.1, 0.15) is 60.8 Å². The van der Waals surface area contributed by atoms with E-state index < -0.39 is 0 Å². The predicted molar refractivity (Wildman–Crippen MR) is 105 cm³/mol. The molecule has 0 bridgehead atoms. The maximum atomic E-state index is 12.4. The van der Waals surface area contributed by atoms with Gasteiger partial charge in [0.25, 0.3) is 0 Å². The van der Waals surface area contributed by atoms with Gasteiger partial charge in [0.05, 0.1) is 11.3 Å². The van der Waals surface area contributed by atoms with Crippen molar-refractivity contribution < 1.29 is 14.4 Å². The standard InChI is InChI=1S/C20H31N5O3/c1-12-20(14(3)26)13(2)25(23-12)11-19(28)21-10-17-8-7-16(24(17)4)9-18(27)22-15-5-6-15/h15-17H,5-11H2,1-4H3,(H,21,28)(H,22,27)/t16-,17+/m1/s1. The minimum Gasteiger partial charge on any atom is -0.353 e. The van der Waals surface area contributed by atoms with Crippen molar-refractivity contribution in [2.24, 2.45) is 0 Å². The number of carbonyl (C=O) groups excluding carboxylic acids is 3.